The second-order valence-corrected chi connectivity index (χ2v) is 4.65. The van der Waals surface area contributed by atoms with Crippen LogP contribution in [0.1, 0.15) is 13.3 Å². The van der Waals surface area contributed by atoms with E-state index in [-0.39, 0.29) is 17.5 Å². The van der Waals surface area contributed by atoms with Gasteiger partial charge in [-0.1, -0.05) is 0 Å². The van der Waals surface area contributed by atoms with Gasteiger partial charge in [-0.05, 0) is 19.1 Å². The molecular formula is C13H18N2O3. The van der Waals surface area contributed by atoms with Gasteiger partial charge in [-0.2, -0.15) is 0 Å². The Bertz CT molecular complexity index is 426. The van der Waals surface area contributed by atoms with E-state index < -0.39 is 6.04 Å². The van der Waals surface area contributed by atoms with Gasteiger partial charge in [0.25, 0.3) is 0 Å². The van der Waals surface area contributed by atoms with Crippen LogP contribution in [-0.2, 0) is 14.3 Å². The summed E-state index contributed by atoms with van der Waals surface area (Å²) in [5.41, 5.74) is 0. The van der Waals surface area contributed by atoms with Crippen molar-refractivity contribution in [3.63, 3.8) is 0 Å². The largest absolute Gasteiger partial charge is 0.497 e. The van der Waals surface area contributed by atoms with Crippen LogP contribution in [0.4, 0.5) is 0 Å². The Balaban J connectivity index is 2.35. The van der Waals surface area contributed by atoms with Crippen LogP contribution in [0.5, 0.6) is 0 Å². The van der Waals surface area contributed by atoms with E-state index in [4.69, 9.17) is 4.74 Å². The molecule has 0 saturated carbocycles. The van der Waals surface area contributed by atoms with E-state index in [1.807, 2.05) is 27.2 Å². The molecule has 0 aromatic heterocycles. The van der Waals surface area contributed by atoms with Crippen molar-refractivity contribution in [3.05, 3.63) is 24.1 Å². The number of ether oxygens (including phenoxy) is 1. The van der Waals surface area contributed by atoms with Gasteiger partial charge in [0.2, 0.25) is 0 Å². The predicted molar refractivity (Wildman–Crippen MR) is 66.3 cm³/mol. The lowest BCUT2D eigenvalue weighted by atomic mass is 9.82. The van der Waals surface area contributed by atoms with E-state index in [0.717, 1.165) is 5.76 Å². The molecule has 1 aliphatic heterocycles. The van der Waals surface area contributed by atoms with Crippen LogP contribution >= 0.6 is 0 Å². The Morgan fingerprint density at radius 1 is 1.33 bits per heavy atom. The smallest absolute Gasteiger partial charge is 0.180 e. The van der Waals surface area contributed by atoms with Crippen molar-refractivity contribution in [2.75, 3.05) is 20.7 Å². The highest BCUT2D eigenvalue weighted by molar-refractivity contribution is 6.09. The van der Waals surface area contributed by atoms with Crippen LogP contribution < -0.4 is 0 Å². The van der Waals surface area contributed by atoms with Gasteiger partial charge in [0.1, 0.15) is 11.8 Å². The first kappa shape index (κ1) is 12.8. The zero-order valence-electron chi connectivity index (χ0n) is 10.9. The van der Waals surface area contributed by atoms with Crippen molar-refractivity contribution in [2.45, 2.75) is 19.4 Å². The minimum atomic E-state index is -0.429. The third kappa shape index (κ3) is 2.18. The number of carbonyl (C=O) groups excluding carboxylic acids is 2. The number of hydrogen-bond acceptors (Lipinski definition) is 5. The molecule has 2 rings (SSSR count). The molecule has 5 nitrogen and oxygen atoms in total. The SMILES string of the molecule is CCOC1=CN(N(C)C)C2C(=O)C=CC(=O)C2C1. The highest BCUT2D eigenvalue weighted by atomic mass is 16.5. The van der Waals surface area contributed by atoms with Crippen molar-refractivity contribution in [2.24, 2.45) is 5.92 Å². The normalized spacial score (nSPS) is 27.3. The molecule has 2 atom stereocenters. The Labute approximate surface area is 107 Å². The first-order valence-corrected chi connectivity index (χ1v) is 6.09. The fraction of sp³-hybridized carbons (Fsp3) is 0.538. The molecule has 0 N–H and O–H groups in total. The quantitative estimate of drug-likeness (QED) is 0.739. The summed E-state index contributed by atoms with van der Waals surface area (Å²) in [5.74, 6) is 0.386. The lowest BCUT2D eigenvalue weighted by molar-refractivity contribution is -0.137. The van der Waals surface area contributed by atoms with Crippen LogP contribution in [0.15, 0.2) is 24.1 Å². The Kier molecular flexibility index (Phi) is 3.52. The predicted octanol–water partition coefficient (Wildman–Crippen LogP) is 0.739. The fourth-order valence-electron chi connectivity index (χ4n) is 2.41. The van der Waals surface area contributed by atoms with E-state index in [1.165, 1.54) is 12.2 Å². The van der Waals surface area contributed by atoms with Crippen LogP contribution in [0.2, 0.25) is 0 Å². The first-order chi connectivity index (χ1) is 8.54. The summed E-state index contributed by atoms with van der Waals surface area (Å²) in [7, 11) is 3.69. The molecular weight excluding hydrogens is 232 g/mol. The maximum absolute atomic E-state index is 12.0. The molecule has 1 aliphatic carbocycles. The summed E-state index contributed by atoms with van der Waals surface area (Å²) in [6.45, 7) is 2.46. The number of nitrogens with zero attached hydrogens (tertiary/aromatic N) is 2. The molecule has 2 unspecified atom stereocenters. The molecule has 0 spiro atoms. The maximum Gasteiger partial charge on any atom is 0.180 e. The lowest BCUT2D eigenvalue weighted by Crippen LogP contribution is -2.54. The molecule has 2 aliphatic rings. The molecule has 0 fully saturated rings. The third-order valence-electron chi connectivity index (χ3n) is 3.22. The summed E-state index contributed by atoms with van der Waals surface area (Å²) >= 11 is 0. The molecule has 0 aromatic carbocycles. The number of ketones is 2. The van der Waals surface area contributed by atoms with Crippen LogP contribution in [0.3, 0.4) is 0 Å². The molecule has 0 amide bonds. The van der Waals surface area contributed by atoms with Crippen molar-refractivity contribution >= 4 is 11.6 Å². The topological polar surface area (TPSA) is 49.9 Å². The van der Waals surface area contributed by atoms with Gasteiger partial charge >= 0.3 is 0 Å². The number of rotatable bonds is 3. The van der Waals surface area contributed by atoms with E-state index in [2.05, 4.69) is 0 Å². The second kappa shape index (κ2) is 4.94. The summed E-state index contributed by atoms with van der Waals surface area (Å²) in [4.78, 5) is 23.9. The maximum atomic E-state index is 12.0. The van der Waals surface area contributed by atoms with Crippen molar-refractivity contribution in [3.8, 4) is 0 Å². The zero-order chi connectivity index (χ0) is 13.3. The third-order valence-corrected chi connectivity index (χ3v) is 3.22. The minimum Gasteiger partial charge on any atom is -0.497 e. The van der Waals surface area contributed by atoms with Crippen molar-refractivity contribution in [1.82, 2.24) is 10.0 Å². The van der Waals surface area contributed by atoms with Gasteiger partial charge in [0, 0.05) is 20.5 Å². The van der Waals surface area contributed by atoms with Gasteiger partial charge in [-0.15, -0.1) is 0 Å². The molecule has 0 bridgehead atoms. The average molecular weight is 250 g/mol. The zero-order valence-corrected chi connectivity index (χ0v) is 10.9. The Morgan fingerprint density at radius 3 is 2.61 bits per heavy atom. The molecule has 98 valence electrons. The summed E-state index contributed by atoms with van der Waals surface area (Å²) in [6.07, 6.45) is 5.07. The number of fused-ring (bicyclic) bond motifs is 1. The van der Waals surface area contributed by atoms with Crippen LogP contribution in [0, 0.1) is 5.92 Å². The highest BCUT2D eigenvalue weighted by Crippen LogP contribution is 2.31. The Hall–Kier alpha value is -1.62. The molecule has 18 heavy (non-hydrogen) atoms. The number of hydrazine groups is 1. The molecule has 1 heterocycles. The highest BCUT2D eigenvalue weighted by Gasteiger charge is 2.42. The van der Waals surface area contributed by atoms with Crippen molar-refractivity contribution < 1.29 is 14.3 Å². The van der Waals surface area contributed by atoms with Gasteiger partial charge in [-0.25, -0.2) is 5.01 Å². The Morgan fingerprint density at radius 2 is 2.00 bits per heavy atom. The van der Waals surface area contributed by atoms with Crippen LogP contribution in [-0.4, -0.2) is 48.3 Å². The number of hydrogen-bond donors (Lipinski definition) is 0. The van der Waals surface area contributed by atoms with Crippen molar-refractivity contribution in [1.29, 1.82) is 0 Å². The standard InChI is InChI=1S/C13H18N2O3/c1-4-18-9-7-10-11(16)5-6-12(17)13(10)15(8-9)14(2)3/h5-6,8,10,13H,4,7H2,1-3H3. The summed E-state index contributed by atoms with van der Waals surface area (Å²) in [5, 5.41) is 3.59. The van der Waals surface area contributed by atoms with E-state index in [9.17, 15) is 9.59 Å². The monoisotopic (exact) mass is 250 g/mol. The first-order valence-electron chi connectivity index (χ1n) is 6.09. The van der Waals surface area contributed by atoms with E-state index in [1.54, 1.807) is 10.0 Å². The number of carbonyl (C=O) groups is 2. The van der Waals surface area contributed by atoms with E-state index in [0.29, 0.717) is 13.0 Å². The molecule has 0 saturated heterocycles. The lowest BCUT2D eigenvalue weighted by Gasteiger charge is -2.42. The molecule has 0 radical (unpaired) electrons. The van der Waals surface area contributed by atoms with Crippen LogP contribution in [0.25, 0.3) is 0 Å². The van der Waals surface area contributed by atoms with Gasteiger partial charge < -0.3 is 4.74 Å². The molecule has 5 heteroatoms. The summed E-state index contributed by atoms with van der Waals surface area (Å²) in [6, 6.07) is -0.429. The average Bonchev–Trinajstić information content (AvgIpc) is 2.33. The van der Waals surface area contributed by atoms with E-state index >= 15 is 0 Å². The second-order valence-electron chi connectivity index (χ2n) is 4.65. The van der Waals surface area contributed by atoms with Gasteiger partial charge in [0.15, 0.2) is 11.6 Å². The minimum absolute atomic E-state index is 0.00301. The van der Waals surface area contributed by atoms with Gasteiger partial charge in [0.05, 0.1) is 18.7 Å². The fourth-order valence-corrected chi connectivity index (χ4v) is 2.41. The van der Waals surface area contributed by atoms with Gasteiger partial charge in [-0.3, -0.25) is 14.6 Å². The number of allylic oxidation sites excluding steroid dienone is 2. The molecule has 0 aromatic rings. The summed E-state index contributed by atoms with van der Waals surface area (Å²) < 4.78 is 5.50.